The molecule has 3 N–H and O–H groups in total. The second-order valence-corrected chi connectivity index (χ2v) is 9.64. The van der Waals surface area contributed by atoms with Crippen molar-refractivity contribution in [1.82, 2.24) is 15.2 Å². The molecule has 170 valence electrons. The fourth-order valence-electron chi connectivity index (χ4n) is 3.46. The summed E-state index contributed by atoms with van der Waals surface area (Å²) in [7, 11) is 0. The summed E-state index contributed by atoms with van der Waals surface area (Å²) >= 11 is 1.48. The lowest BCUT2D eigenvalue weighted by molar-refractivity contribution is -0.140. The quantitative estimate of drug-likeness (QED) is 0.630. The van der Waals surface area contributed by atoms with E-state index < -0.39 is 5.54 Å². The van der Waals surface area contributed by atoms with Gasteiger partial charge in [0.05, 0.1) is 36.4 Å². The number of benzene rings is 1. The highest BCUT2D eigenvalue weighted by Crippen LogP contribution is 2.23. The second-order valence-electron chi connectivity index (χ2n) is 8.69. The number of carbonyl (C=O) groups excluding carboxylic acids is 2. The van der Waals surface area contributed by atoms with Crippen LogP contribution < -0.4 is 11.1 Å². The number of nitrogens with one attached hydrogen (secondary N) is 1. The molecule has 32 heavy (non-hydrogen) atoms. The highest BCUT2D eigenvalue weighted by Gasteiger charge is 2.28. The van der Waals surface area contributed by atoms with E-state index in [1.165, 1.54) is 11.3 Å². The smallest absolute Gasteiger partial charge is 0.248 e. The average Bonchev–Trinajstić information content (AvgIpc) is 3.25. The van der Waals surface area contributed by atoms with Gasteiger partial charge in [0.2, 0.25) is 11.8 Å². The summed E-state index contributed by atoms with van der Waals surface area (Å²) < 4.78 is 5.43. The Morgan fingerprint density at radius 2 is 2.12 bits per heavy atom. The highest BCUT2D eigenvalue weighted by atomic mass is 32.1. The van der Waals surface area contributed by atoms with Crippen LogP contribution in [0.25, 0.3) is 11.3 Å². The standard InChI is InChI=1S/C23H29N5O3S/c1-23(2,25)15-31-13-21(29)28-9-3-4-18(12-28)22(30)26-11-20-27-19(14-32-20)17-7-5-16(10-24)6-8-17/h5-8,14,18H,3-4,9,11-13,15,25H2,1-2H3,(H,26,30)/t18-/m0/s1. The molecule has 1 aromatic heterocycles. The Morgan fingerprint density at radius 3 is 2.81 bits per heavy atom. The number of aromatic nitrogens is 1. The minimum absolute atomic E-state index is 0.0216. The van der Waals surface area contributed by atoms with Gasteiger partial charge in [-0.3, -0.25) is 9.59 Å². The number of rotatable bonds is 8. The predicted molar refractivity (Wildman–Crippen MR) is 123 cm³/mol. The third-order valence-corrected chi connectivity index (χ3v) is 5.97. The number of carbonyl (C=O) groups is 2. The SMILES string of the molecule is CC(C)(N)COCC(=O)N1CCC[C@H](C(=O)NCc2nc(-c3ccc(C#N)cc3)cs2)C1. The van der Waals surface area contributed by atoms with Crippen molar-refractivity contribution in [2.45, 2.75) is 38.8 Å². The van der Waals surface area contributed by atoms with Crippen LogP contribution in [0.4, 0.5) is 0 Å². The van der Waals surface area contributed by atoms with Gasteiger partial charge in [0, 0.05) is 29.6 Å². The normalized spacial score (nSPS) is 16.4. The third kappa shape index (κ3) is 6.85. The molecule has 1 aromatic carbocycles. The Hall–Kier alpha value is -2.80. The lowest BCUT2D eigenvalue weighted by Crippen LogP contribution is -2.47. The molecule has 0 bridgehead atoms. The summed E-state index contributed by atoms with van der Waals surface area (Å²) in [6.07, 6.45) is 1.53. The average molecular weight is 456 g/mol. The molecule has 0 aliphatic carbocycles. The number of amides is 2. The van der Waals surface area contributed by atoms with Gasteiger partial charge in [0.25, 0.3) is 0 Å². The molecule has 1 saturated heterocycles. The summed E-state index contributed by atoms with van der Waals surface area (Å²) in [6, 6.07) is 9.34. The molecular weight excluding hydrogens is 426 g/mol. The summed E-state index contributed by atoms with van der Waals surface area (Å²) in [5.41, 5.74) is 7.74. The Bertz CT molecular complexity index is 975. The molecule has 0 saturated carbocycles. The first-order valence-corrected chi connectivity index (χ1v) is 11.5. The molecule has 1 aliphatic rings. The number of nitrogens with zero attached hydrogens (tertiary/aromatic N) is 3. The number of ether oxygens (including phenoxy) is 1. The van der Waals surface area contributed by atoms with Crippen molar-refractivity contribution in [1.29, 1.82) is 5.26 Å². The van der Waals surface area contributed by atoms with Gasteiger partial charge in [-0.05, 0) is 38.8 Å². The molecule has 8 nitrogen and oxygen atoms in total. The summed E-state index contributed by atoms with van der Waals surface area (Å²) in [6.45, 7) is 5.34. The maximum atomic E-state index is 12.7. The van der Waals surface area contributed by atoms with E-state index in [0.29, 0.717) is 31.8 Å². The first kappa shape index (κ1) is 23.9. The van der Waals surface area contributed by atoms with Gasteiger partial charge in [0.1, 0.15) is 11.6 Å². The molecule has 3 rings (SSSR count). The van der Waals surface area contributed by atoms with Crippen LogP contribution in [0.3, 0.4) is 0 Å². The molecule has 2 amide bonds. The van der Waals surface area contributed by atoms with Crippen LogP contribution in [0.15, 0.2) is 29.6 Å². The molecule has 2 heterocycles. The second kappa shape index (κ2) is 10.7. The van der Waals surface area contributed by atoms with E-state index >= 15 is 0 Å². The van der Waals surface area contributed by atoms with Gasteiger partial charge >= 0.3 is 0 Å². The molecule has 1 fully saturated rings. The van der Waals surface area contributed by atoms with Gasteiger partial charge < -0.3 is 20.7 Å². The Kier molecular flexibility index (Phi) is 7.96. The van der Waals surface area contributed by atoms with Gasteiger partial charge in [-0.2, -0.15) is 5.26 Å². The lowest BCUT2D eigenvalue weighted by Gasteiger charge is -2.32. The molecule has 0 unspecified atom stereocenters. The topological polar surface area (TPSA) is 121 Å². The first-order chi connectivity index (χ1) is 15.2. The van der Waals surface area contributed by atoms with Crippen molar-refractivity contribution in [3.8, 4) is 17.3 Å². The largest absolute Gasteiger partial charge is 0.370 e. The van der Waals surface area contributed by atoms with E-state index in [9.17, 15) is 9.59 Å². The minimum Gasteiger partial charge on any atom is -0.370 e. The van der Waals surface area contributed by atoms with Crippen LogP contribution in [0, 0.1) is 17.2 Å². The molecular formula is C23H29N5O3S. The number of piperidine rings is 1. The molecule has 1 aliphatic heterocycles. The number of nitrogens with two attached hydrogens (primary N) is 1. The van der Waals surface area contributed by atoms with Crippen LogP contribution in [0.1, 0.15) is 37.3 Å². The molecule has 2 aromatic rings. The lowest BCUT2D eigenvalue weighted by atomic mass is 9.97. The summed E-state index contributed by atoms with van der Waals surface area (Å²) in [4.78, 5) is 31.4. The van der Waals surface area contributed by atoms with E-state index in [1.54, 1.807) is 17.0 Å². The fraction of sp³-hybridized carbons (Fsp3) is 0.478. The van der Waals surface area contributed by atoms with E-state index in [4.69, 9.17) is 15.7 Å². The zero-order chi connectivity index (χ0) is 23.1. The molecule has 1 atom stereocenters. The minimum atomic E-state index is -0.486. The third-order valence-electron chi connectivity index (χ3n) is 5.12. The van der Waals surface area contributed by atoms with Crippen molar-refractivity contribution < 1.29 is 14.3 Å². The number of likely N-dealkylation sites (tertiary alicyclic amines) is 1. The zero-order valence-corrected chi connectivity index (χ0v) is 19.3. The van der Waals surface area contributed by atoms with E-state index in [1.807, 2.05) is 31.4 Å². The Morgan fingerprint density at radius 1 is 1.38 bits per heavy atom. The van der Waals surface area contributed by atoms with Crippen LogP contribution >= 0.6 is 11.3 Å². The maximum absolute atomic E-state index is 12.7. The van der Waals surface area contributed by atoms with Crippen molar-refractivity contribution in [3.63, 3.8) is 0 Å². The van der Waals surface area contributed by atoms with Crippen molar-refractivity contribution in [2.24, 2.45) is 11.7 Å². The van der Waals surface area contributed by atoms with Gasteiger partial charge in [-0.1, -0.05) is 12.1 Å². The maximum Gasteiger partial charge on any atom is 0.248 e. The molecule has 0 radical (unpaired) electrons. The number of hydrogen-bond donors (Lipinski definition) is 2. The van der Waals surface area contributed by atoms with E-state index in [-0.39, 0.29) is 24.3 Å². The summed E-state index contributed by atoms with van der Waals surface area (Å²) in [5, 5.41) is 14.6. The van der Waals surface area contributed by atoms with Crippen LogP contribution in [0.2, 0.25) is 0 Å². The number of nitriles is 1. The van der Waals surface area contributed by atoms with Crippen LogP contribution in [-0.2, 0) is 20.9 Å². The van der Waals surface area contributed by atoms with Crippen molar-refractivity contribution in [3.05, 3.63) is 40.2 Å². The van der Waals surface area contributed by atoms with E-state index in [0.717, 1.165) is 29.1 Å². The molecule has 0 spiro atoms. The highest BCUT2D eigenvalue weighted by molar-refractivity contribution is 7.09. The van der Waals surface area contributed by atoms with Crippen molar-refractivity contribution >= 4 is 23.2 Å². The Balaban J connectivity index is 1.48. The van der Waals surface area contributed by atoms with Crippen LogP contribution in [0.5, 0.6) is 0 Å². The monoisotopic (exact) mass is 455 g/mol. The van der Waals surface area contributed by atoms with Crippen LogP contribution in [-0.4, -0.2) is 53.5 Å². The van der Waals surface area contributed by atoms with Gasteiger partial charge in [-0.25, -0.2) is 4.98 Å². The summed E-state index contributed by atoms with van der Waals surface area (Å²) in [5.74, 6) is -0.419. The van der Waals surface area contributed by atoms with Gasteiger partial charge in [0.15, 0.2) is 0 Å². The van der Waals surface area contributed by atoms with E-state index in [2.05, 4.69) is 16.4 Å². The van der Waals surface area contributed by atoms with Crippen molar-refractivity contribution in [2.75, 3.05) is 26.3 Å². The predicted octanol–water partition coefficient (Wildman–Crippen LogP) is 2.29. The first-order valence-electron chi connectivity index (χ1n) is 10.6. The zero-order valence-electron chi connectivity index (χ0n) is 18.5. The molecule has 9 heteroatoms. The number of hydrogen-bond acceptors (Lipinski definition) is 7. The van der Waals surface area contributed by atoms with Gasteiger partial charge in [-0.15, -0.1) is 11.3 Å². The number of thiazole rings is 1. The Labute approximate surface area is 192 Å². The fourth-order valence-corrected chi connectivity index (χ4v) is 4.20.